The standard InChI is InChI=1S/C14H16ClN7O2/c1-18-13-12(15)10(5-21-14(13)17)24-9(3-16)8-4-20-11(6-19-8)22(2)7-23/h3-7,18H,16H2,1-2H3,(H2,17,21)/b9-3+. The van der Waals surface area contributed by atoms with E-state index < -0.39 is 0 Å². The molecule has 0 atom stereocenters. The van der Waals surface area contributed by atoms with E-state index in [0.717, 1.165) is 0 Å². The van der Waals surface area contributed by atoms with Crippen molar-refractivity contribution in [1.82, 2.24) is 15.0 Å². The Hall–Kier alpha value is -3.07. The highest BCUT2D eigenvalue weighted by atomic mass is 35.5. The van der Waals surface area contributed by atoms with Gasteiger partial charge in [0.05, 0.1) is 24.3 Å². The van der Waals surface area contributed by atoms with Gasteiger partial charge in [-0.15, -0.1) is 0 Å². The van der Waals surface area contributed by atoms with Gasteiger partial charge in [0.25, 0.3) is 0 Å². The molecule has 2 rings (SSSR count). The molecule has 2 aromatic heterocycles. The zero-order valence-electron chi connectivity index (χ0n) is 13.0. The fraction of sp³-hybridized carbons (Fsp3) is 0.143. The third-order valence-electron chi connectivity index (χ3n) is 3.04. The van der Waals surface area contributed by atoms with E-state index in [2.05, 4.69) is 20.3 Å². The Labute approximate surface area is 143 Å². The number of hydrogen-bond donors (Lipinski definition) is 3. The van der Waals surface area contributed by atoms with Gasteiger partial charge in [-0.2, -0.15) is 0 Å². The van der Waals surface area contributed by atoms with E-state index in [1.165, 1.54) is 29.7 Å². The van der Waals surface area contributed by atoms with Gasteiger partial charge < -0.3 is 26.4 Å². The molecule has 0 aliphatic rings. The quantitative estimate of drug-likeness (QED) is 0.521. The van der Waals surface area contributed by atoms with Crippen LogP contribution in [0.4, 0.5) is 17.3 Å². The first-order valence-electron chi connectivity index (χ1n) is 6.73. The Balaban J connectivity index is 2.29. The maximum atomic E-state index is 10.7. The summed E-state index contributed by atoms with van der Waals surface area (Å²) in [6.07, 6.45) is 6.06. The normalized spacial score (nSPS) is 11.0. The minimum Gasteiger partial charge on any atom is -0.450 e. The van der Waals surface area contributed by atoms with Crippen LogP contribution < -0.4 is 26.4 Å². The average molecular weight is 350 g/mol. The predicted octanol–water partition coefficient (Wildman–Crippen LogP) is 1.08. The maximum Gasteiger partial charge on any atom is 0.215 e. The lowest BCUT2D eigenvalue weighted by molar-refractivity contribution is -0.107. The van der Waals surface area contributed by atoms with E-state index in [-0.39, 0.29) is 22.3 Å². The van der Waals surface area contributed by atoms with Gasteiger partial charge in [0.2, 0.25) is 6.41 Å². The summed E-state index contributed by atoms with van der Waals surface area (Å²) in [7, 11) is 3.22. The van der Waals surface area contributed by atoms with Crippen LogP contribution in [0.1, 0.15) is 5.69 Å². The smallest absolute Gasteiger partial charge is 0.215 e. The summed E-state index contributed by atoms with van der Waals surface area (Å²) >= 11 is 6.23. The molecule has 0 aliphatic heterocycles. The van der Waals surface area contributed by atoms with Crippen LogP contribution in [-0.4, -0.2) is 35.5 Å². The van der Waals surface area contributed by atoms with Gasteiger partial charge in [0, 0.05) is 20.3 Å². The van der Waals surface area contributed by atoms with Crippen molar-refractivity contribution < 1.29 is 9.53 Å². The number of anilines is 3. The summed E-state index contributed by atoms with van der Waals surface area (Å²) in [6.45, 7) is 0. The highest BCUT2D eigenvalue weighted by molar-refractivity contribution is 6.35. The van der Waals surface area contributed by atoms with E-state index >= 15 is 0 Å². The third-order valence-corrected chi connectivity index (χ3v) is 3.42. The summed E-state index contributed by atoms with van der Waals surface area (Å²) in [5.74, 6) is 1.10. The minimum atomic E-state index is 0.221. The third kappa shape index (κ3) is 3.46. The van der Waals surface area contributed by atoms with Crippen LogP contribution in [0.3, 0.4) is 0 Å². The molecule has 10 heteroatoms. The van der Waals surface area contributed by atoms with Crippen LogP contribution in [0.15, 0.2) is 24.8 Å². The van der Waals surface area contributed by atoms with E-state index in [1.54, 1.807) is 14.1 Å². The van der Waals surface area contributed by atoms with Gasteiger partial charge >= 0.3 is 0 Å². The molecule has 0 saturated carbocycles. The second kappa shape index (κ2) is 7.47. The van der Waals surface area contributed by atoms with Crippen molar-refractivity contribution in [1.29, 1.82) is 0 Å². The monoisotopic (exact) mass is 349 g/mol. The number of carbonyl (C=O) groups is 1. The number of nitrogens with zero attached hydrogens (tertiary/aromatic N) is 4. The Morgan fingerprint density at radius 3 is 2.62 bits per heavy atom. The number of amides is 1. The lowest BCUT2D eigenvalue weighted by Crippen LogP contribution is -2.15. The molecule has 0 radical (unpaired) electrons. The van der Waals surface area contributed by atoms with Crippen LogP contribution >= 0.6 is 11.6 Å². The molecule has 5 N–H and O–H groups in total. The van der Waals surface area contributed by atoms with Crippen molar-refractivity contribution in [2.24, 2.45) is 5.73 Å². The largest absolute Gasteiger partial charge is 0.450 e. The van der Waals surface area contributed by atoms with Gasteiger partial charge in [0.15, 0.2) is 17.3 Å². The number of carbonyl (C=O) groups excluding carboxylic acids is 1. The first kappa shape index (κ1) is 17.3. The van der Waals surface area contributed by atoms with Gasteiger partial charge in [-0.25, -0.2) is 15.0 Å². The maximum absolute atomic E-state index is 10.7. The molecular formula is C14H16ClN7O2. The number of halogens is 1. The molecule has 0 spiro atoms. The molecule has 0 aliphatic carbocycles. The molecule has 2 heterocycles. The highest BCUT2D eigenvalue weighted by Crippen LogP contribution is 2.36. The zero-order chi connectivity index (χ0) is 17.7. The van der Waals surface area contributed by atoms with Crippen LogP contribution in [0.25, 0.3) is 5.76 Å². The van der Waals surface area contributed by atoms with Crippen LogP contribution in [-0.2, 0) is 4.79 Å². The van der Waals surface area contributed by atoms with Gasteiger partial charge in [-0.05, 0) is 0 Å². The van der Waals surface area contributed by atoms with E-state index in [9.17, 15) is 4.79 Å². The van der Waals surface area contributed by atoms with Crippen molar-refractivity contribution in [3.63, 3.8) is 0 Å². The lowest BCUT2D eigenvalue weighted by Gasteiger charge is -2.14. The number of aromatic nitrogens is 3. The average Bonchev–Trinajstić information content (AvgIpc) is 2.61. The van der Waals surface area contributed by atoms with Gasteiger partial charge in [0.1, 0.15) is 16.5 Å². The molecule has 126 valence electrons. The van der Waals surface area contributed by atoms with Gasteiger partial charge in [-0.1, -0.05) is 11.6 Å². The number of nitrogens with two attached hydrogens (primary N) is 2. The molecule has 1 amide bonds. The number of nitrogens with one attached hydrogen (secondary N) is 1. The second-order valence-electron chi connectivity index (χ2n) is 4.56. The van der Waals surface area contributed by atoms with E-state index in [1.807, 2.05) is 0 Å². The zero-order valence-corrected chi connectivity index (χ0v) is 13.8. The molecule has 2 aromatic rings. The minimum absolute atomic E-state index is 0.221. The topological polar surface area (TPSA) is 132 Å². The van der Waals surface area contributed by atoms with Crippen molar-refractivity contribution in [3.05, 3.63) is 35.5 Å². The fourth-order valence-corrected chi connectivity index (χ4v) is 2.05. The molecule has 0 unspecified atom stereocenters. The first-order valence-corrected chi connectivity index (χ1v) is 7.11. The molecule has 0 bridgehead atoms. The Morgan fingerprint density at radius 2 is 2.08 bits per heavy atom. The van der Waals surface area contributed by atoms with Crippen molar-refractivity contribution in [3.8, 4) is 5.75 Å². The molecule has 0 fully saturated rings. The summed E-state index contributed by atoms with van der Waals surface area (Å²) < 4.78 is 5.67. The Morgan fingerprint density at radius 1 is 1.33 bits per heavy atom. The summed E-state index contributed by atoms with van der Waals surface area (Å²) in [4.78, 5) is 24.3. The summed E-state index contributed by atoms with van der Waals surface area (Å²) in [5, 5.41) is 3.10. The number of pyridine rings is 1. The molecule has 24 heavy (non-hydrogen) atoms. The van der Waals surface area contributed by atoms with Gasteiger partial charge in [-0.3, -0.25) is 4.79 Å². The number of nitrogen functional groups attached to an aromatic ring is 1. The number of hydrogen-bond acceptors (Lipinski definition) is 8. The van der Waals surface area contributed by atoms with Crippen molar-refractivity contribution >= 4 is 41.1 Å². The van der Waals surface area contributed by atoms with Crippen LogP contribution in [0.5, 0.6) is 5.75 Å². The van der Waals surface area contributed by atoms with Crippen LogP contribution in [0.2, 0.25) is 5.02 Å². The second-order valence-corrected chi connectivity index (χ2v) is 4.93. The van der Waals surface area contributed by atoms with Crippen LogP contribution in [0, 0.1) is 0 Å². The molecule has 0 saturated heterocycles. The highest BCUT2D eigenvalue weighted by Gasteiger charge is 2.15. The van der Waals surface area contributed by atoms with Crippen molar-refractivity contribution in [2.45, 2.75) is 0 Å². The summed E-state index contributed by atoms with van der Waals surface area (Å²) in [6, 6.07) is 0. The van der Waals surface area contributed by atoms with Crippen molar-refractivity contribution in [2.75, 3.05) is 30.0 Å². The Kier molecular flexibility index (Phi) is 5.38. The first-order chi connectivity index (χ1) is 11.5. The Bertz CT molecular complexity index is 764. The SMILES string of the molecule is CNc1c(N)ncc(O/C(=C/N)c2cnc(N(C)C=O)cn2)c1Cl. The fourth-order valence-electron chi connectivity index (χ4n) is 1.77. The predicted molar refractivity (Wildman–Crippen MR) is 92.5 cm³/mol. The van der Waals surface area contributed by atoms with E-state index in [0.29, 0.717) is 23.6 Å². The molecule has 9 nitrogen and oxygen atoms in total. The molecule has 0 aromatic carbocycles. The lowest BCUT2D eigenvalue weighted by atomic mass is 10.3. The number of rotatable bonds is 6. The van der Waals surface area contributed by atoms with E-state index in [4.69, 9.17) is 27.8 Å². The number of ether oxygens (including phenoxy) is 1. The summed E-state index contributed by atoms with van der Waals surface area (Å²) in [5.41, 5.74) is 12.1. The molecular weight excluding hydrogens is 334 g/mol.